The highest BCUT2D eigenvalue weighted by molar-refractivity contribution is 5.79. The zero-order valence-electron chi connectivity index (χ0n) is 16.6. The molecule has 2 fully saturated rings. The fourth-order valence-corrected chi connectivity index (χ4v) is 3.68. The Morgan fingerprint density at radius 3 is 2.72 bits per heavy atom. The fraction of sp³-hybridized carbons (Fsp3) is 0.947. The zero-order valence-corrected chi connectivity index (χ0v) is 16.6. The number of hydrogen-bond acceptors (Lipinski definition) is 4. The first-order chi connectivity index (χ1) is 12.2. The normalized spacial score (nSPS) is 23.4. The smallest absolute Gasteiger partial charge is 0.191 e. The molecule has 2 aliphatic rings. The third-order valence-electron chi connectivity index (χ3n) is 4.95. The molecule has 0 unspecified atom stereocenters. The summed E-state index contributed by atoms with van der Waals surface area (Å²) >= 11 is 0. The Labute approximate surface area is 154 Å². The van der Waals surface area contributed by atoms with Crippen molar-refractivity contribution in [3.8, 4) is 0 Å². The summed E-state index contributed by atoms with van der Waals surface area (Å²) in [6.45, 7) is 17.0. The molecule has 0 saturated carbocycles. The number of morpholine rings is 1. The molecule has 2 heterocycles. The van der Waals surface area contributed by atoms with Gasteiger partial charge in [0.1, 0.15) is 0 Å². The Bertz CT molecular complexity index is 382. The lowest BCUT2D eigenvalue weighted by atomic mass is 10.2. The molecule has 25 heavy (non-hydrogen) atoms. The number of nitrogens with one attached hydrogen (secondary N) is 2. The first-order valence-electron chi connectivity index (χ1n) is 10.3. The molecule has 2 rings (SSSR count). The molecule has 0 aliphatic carbocycles. The van der Waals surface area contributed by atoms with Crippen molar-refractivity contribution in [2.45, 2.75) is 46.1 Å². The quantitative estimate of drug-likeness (QED) is 0.373. The van der Waals surface area contributed by atoms with Crippen LogP contribution in [0.15, 0.2) is 4.99 Å². The number of ether oxygens (including phenoxy) is 1. The molecule has 146 valence electrons. The van der Waals surface area contributed by atoms with Crippen LogP contribution in [0.2, 0.25) is 0 Å². The molecular formula is C19H39N5O. The van der Waals surface area contributed by atoms with Gasteiger partial charge in [-0.05, 0) is 45.2 Å². The summed E-state index contributed by atoms with van der Waals surface area (Å²) in [4.78, 5) is 9.96. The summed E-state index contributed by atoms with van der Waals surface area (Å²) in [7, 11) is 0. The number of rotatable bonds is 9. The monoisotopic (exact) mass is 353 g/mol. The van der Waals surface area contributed by atoms with Gasteiger partial charge in [0.2, 0.25) is 0 Å². The van der Waals surface area contributed by atoms with Gasteiger partial charge in [-0.2, -0.15) is 0 Å². The van der Waals surface area contributed by atoms with Gasteiger partial charge in [-0.3, -0.25) is 14.8 Å². The standard InChI is InChI=1S/C19H39N5O/c1-4-20-19(21-8-6-9-23-11-13-25-14-12-23)22-15-18-7-5-10-24(18)16-17(2)3/h17-18H,4-16H2,1-3H3,(H2,20,21,22)/t18-/m1/s1. The fourth-order valence-electron chi connectivity index (χ4n) is 3.68. The Hall–Kier alpha value is -0.850. The maximum absolute atomic E-state index is 5.40. The van der Waals surface area contributed by atoms with Crippen molar-refractivity contribution in [2.24, 2.45) is 10.9 Å². The van der Waals surface area contributed by atoms with E-state index in [1.807, 2.05) is 0 Å². The van der Waals surface area contributed by atoms with Crippen molar-refractivity contribution in [1.29, 1.82) is 0 Å². The van der Waals surface area contributed by atoms with E-state index in [0.717, 1.165) is 70.8 Å². The van der Waals surface area contributed by atoms with Crippen LogP contribution in [0.3, 0.4) is 0 Å². The highest BCUT2D eigenvalue weighted by Gasteiger charge is 2.24. The van der Waals surface area contributed by atoms with Crippen LogP contribution >= 0.6 is 0 Å². The lowest BCUT2D eigenvalue weighted by Gasteiger charge is -2.26. The second kappa shape index (κ2) is 11.7. The van der Waals surface area contributed by atoms with Crippen LogP contribution in [-0.4, -0.2) is 87.4 Å². The van der Waals surface area contributed by atoms with E-state index in [0.29, 0.717) is 6.04 Å². The molecule has 2 aliphatic heterocycles. The van der Waals surface area contributed by atoms with E-state index in [1.165, 1.54) is 25.9 Å². The molecule has 0 aromatic rings. The number of likely N-dealkylation sites (tertiary alicyclic amines) is 1. The van der Waals surface area contributed by atoms with Crippen LogP contribution < -0.4 is 10.6 Å². The van der Waals surface area contributed by atoms with E-state index in [4.69, 9.17) is 9.73 Å². The van der Waals surface area contributed by atoms with Crippen LogP contribution in [0.5, 0.6) is 0 Å². The highest BCUT2D eigenvalue weighted by Crippen LogP contribution is 2.18. The van der Waals surface area contributed by atoms with Crippen LogP contribution in [0, 0.1) is 5.92 Å². The van der Waals surface area contributed by atoms with Gasteiger partial charge in [0.15, 0.2) is 5.96 Å². The summed E-state index contributed by atoms with van der Waals surface area (Å²) in [5.74, 6) is 1.71. The molecule has 6 nitrogen and oxygen atoms in total. The van der Waals surface area contributed by atoms with Gasteiger partial charge < -0.3 is 15.4 Å². The van der Waals surface area contributed by atoms with Gasteiger partial charge in [-0.15, -0.1) is 0 Å². The lowest BCUT2D eigenvalue weighted by molar-refractivity contribution is 0.0376. The van der Waals surface area contributed by atoms with E-state index < -0.39 is 0 Å². The molecule has 2 N–H and O–H groups in total. The highest BCUT2D eigenvalue weighted by atomic mass is 16.5. The summed E-state index contributed by atoms with van der Waals surface area (Å²) in [6.07, 6.45) is 3.75. The van der Waals surface area contributed by atoms with Crippen molar-refractivity contribution in [3.05, 3.63) is 0 Å². The maximum atomic E-state index is 5.40. The molecular weight excluding hydrogens is 314 g/mol. The van der Waals surface area contributed by atoms with Gasteiger partial charge in [0.05, 0.1) is 19.8 Å². The van der Waals surface area contributed by atoms with Crippen molar-refractivity contribution < 1.29 is 4.74 Å². The van der Waals surface area contributed by atoms with Gasteiger partial charge >= 0.3 is 0 Å². The van der Waals surface area contributed by atoms with E-state index in [1.54, 1.807) is 0 Å². The average molecular weight is 354 g/mol. The van der Waals surface area contributed by atoms with Crippen molar-refractivity contribution in [1.82, 2.24) is 20.4 Å². The lowest BCUT2D eigenvalue weighted by Crippen LogP contribution is -2.41. The topological polar surface area (TPSA) is 52.1 Å². The summed E-state index contributed by atoms with van der Waals surface area (Å²) < 4.78 is 5.40. The third kappa shape index (κ3) is 7.92. The van der Waals surface area contributed by atoms with Crippen LogP contribution in [-0.2, 0) is 4.74 Å². The molecule has 6 heteroatoms. The van der Waals surface area contributed by atoms with E-state index in [-0.39, 0.29) is 0 Å². The van der Waals surface area contributed by atoms with Crippen LogP contribution in [0.1, 0.15) is 40.0 Å². The minimum atomic E-state index is 0.617. The van der Waals surface area contributed by atoms with E-state index >= 15 is 0 Å². The van der Waals surface area contributed by atoms with Gasteiger partial charge in [0, 0.05) is 38.8 Å². The minimum Gasteiger partial charge on any atom is -0.379 e. The first kappa shape index (κ1) is 20.5. The van der Waals surface area contributed by atoms with Crippen molar-refractivity contribution in [3.63, 3.8) is 0 Å². The Morgan fingerprint density at radius 2 is 2.00 bits per heavy atom. The Kier molecular flexibility index (Phi) is 9.58. The number of guanidine groups is 1. The van der Waals surface area contributed by atoms with Crippen molar-refractivity contribution >= 4 is 5.96 Å². The predicted octanol–water partition coefficient (Wildman–Crippen LogP) is 1.38. The third-order valence-corrected chi connectivity index (χ3v) is 4.95. The van der Waals surface area contributed by atoms with Crippen molar-refractivity contribution in [2.75, 3.05) is 65.6 Å². The maximum Gasteiger partial charge on any atom is 0.191 e. The second-order valence-electron chi connectivity index (χ2n) is 7.64. The molecule has 0 radical (unpaired) electrons. The van der Waals surface area contributed by atoms with Gasteiger partial charge in [-0.25, -0.2) is 0 Å². The van der Waals surface area contributed by atoms with Crippen LogP contribution in [0.25, 0.3) is 0 Å². The summed E-state index contributed by atoms with van der Waals surface area (Å²) in [6, 6.07) is 0.617. The molecule has 0 aromatic heterocycles. The van der Waals surface area contributed by atoms with E-state index in [9.17, 15) is 0 Å². The predicted molar refractivity (Wildman–Crippen MR) is 105 cm³/mol. The van der Waals surface area contributed by atoms with Gasteiger partial charge in [0.25, 0.3) is 0 Å². The molecule has 2 saturated heterocycles. The molecule has 0 aromatic carbocycles. The minimum absolute atomic E-state index is 0.617. The Morgan fingerprint density at radius 1 is 1.20 bits per heavy atom. The average Bonchev–Trinajstić information content (AvgIpc) is 3.03. The molecule has 1 atom stereocenters. The second-order valence-corrected chi connectivity index (χ2v) is 7.64. The molecule has 0 amide bonds. The summed E-state index contributed by atoms with van der Waals surface area (Å²) in [5, 5.41) is 6.89. The largest absolute Gasteiger partial charge is 0.379 e. The number of hydrogen-bond donors (Lipinski definition) is 2. The van der Waals surface area contributed by atoms with Crippen LogP contribution in [0.4, 0.5) is 0 Å². The van der Waals surface area contributed by atoms with Gasteiger partial charge in [-0.1, -0.05) is 13.8 Å². The zero-order chi connectivity index (χ0) is 17.9. The SMILES string of the molecule is CCNC(=NC[C@H]1CCCN1CC(C)C)NCCCN1CCOCC1. The number of aliphatic imine (C=N–C) groups is 1. The number of nitrogens with zero attached hydrogens (tertiary/aromatic N) is 3. The first-order valence-corrected chi connectivity index (χ1v) is 10.3. The van der Waals surface area contributed by atoms with E-state index in [2.05, 4.69) is 41.2 Å². The molecule has 0 bridgehead atoms. The molecule has 0 spiro atoms. The Balaban J connectivity index is 1.69. The summed E-state index contributed by atoms with van der Waals surface area (Å²) in [5.41, 5.74) is 0.